The third-order valence-electron chi connectivity index (χ3n) is 7.96. The van der Waals surface area contributed by atoms with Crippen LogP contribution in [0.5, 0.6) is 0 Å². The Hall–Kier alpha value is -5.24. The zero-order valence-corrected chi connectivity index (χ0v) is 22.8. The van der Waals surface area contributed by atoms with E-state index in [1.165, 1.54) is 9.80 Å². The van der Waals surface area contributed by atoms with Crippen molar-refractivity contribution in [3.63, 3.8) is 0 Å². The Balaban J connectivity index is 1.33. The summed E-state index contributed by atoms with van der Waals surface area (Å²) in [5.74, 6) is -2.16. The van der Waals surface area contributed by atoms with Crippen LogP contribution in [0.25, 0.3) is 0 Å². The van der Waals surface area contributed by atoms with Gasteiger partial charge in [-0.05, 0) is 34.9 Å². The normalized spacial score (nSPS) is 16.5. The summed E-state index contributed by atoms with van der Waals surface area (Å²) < 4.78 is 0. The summed E-state index contributed by atoms with van der Waals surface area (Å²) in [6, 6.07) is 31.0. The molecule has 0 aromatic heterocycles. The molecular weight excluding hydrogens is 530 g/mol. The van der Waals surface area contributed by atoms with E-state index < -0.39 is 24.0 Å². The number of Topliss-reactive ketones (excluding diaryl/α,β-unsaturated/α-hetero) is 1. The maximum absolute atomic E-state index is 14.3. The Morgan fingerprint density at radius 2 is 1.29 bits per heavy atom. The van der Waals surface area contributed by atoms with Crippen LogP contribution in [0, 0.1) is 0 Å². The number of benzene rings is 4. The maximum Gasteiger partial charge on any atom is 0.330 e. The largest absolute Gasteiger partial charge is 0.480 e. The number of hydrogen-bond donors (Lipinski definition) is 1. The molecule has 210 valence electrons. The van der Waals surface area contributed by atoms with E-state index in [0.29, 0.717) is 22.5 Å². The van der Waals surface area contributed by atoms with Gasteiger partial charge in [0.15, 0.2) is 5.78 Å². The second kappa shape index (κ2) is 11.3. The number of urea groups is 1. The lowest BCUT2D eigenvalue weighted by atomic mass is 9.89. The fraction of sp³-hybridized carbons (Fsp3) is 0.176. The molecule has 42 heavy (non-hydrogen) atoms. The molecule has 8 nitrogen and oxygen atoms in total. The van der Waals surface area contributed by atoms with Crippen LogP contribution in [-0.4, -0.2) is 64.3 Å². The number of amides is 3. The second-order valence-electron chi connectivity index (χ2n) is 10.4. The van der Waals surface area contributed by atoms with Gasteiger partial charge in [0.2, 0.25) is 5.91 Å². The number of carboxylic acid groups (broad SMARTS) is 1. The third-order valence-corrected chi connectivity index (χ3v) is 7.96. The number of carbonyl (C=O) groups excluding carboxylic acids is 3. The predicted octanol–water partition coefficient (Wildman–Crippen LogP) is 5.11. The Bertz CT molecular complexity index is 1620. The number of carbonyl (C=O) groups is 4. The number of carboxylic acids is 1. The highest BCUT2D eigenvalue weighted by atomic mass is 16.4. The molecule has 1 saturated heterocycles. The molecule has 4 aromatic carbocycles. The van der Waals surface area contributed by atoms with E-state index in [-0.39, 0.29) is 37.7 Å². The number of anilines is 2. The number of piperazine rings is 1. The van der Waals surface area contributed by atoms with Gasteiger partial charge in [0.25, 0.3) is 0 Å². The molecular formula is C34H29N3O5. The van der Waals surface area contributed by atoms with Crippen LogP contribution in [-0.2, 0) is 16.0 Å². The minimum Gasteiger partial charge on any atom is -0.480 e. The van der Waals surface area contributed by atoms with E-state index in [0.717, 1.165) is 11.1 Å². The van der Waals surface area contributed by atoms with Gasteiger partial charge >= 0.3 is 12.0 Å². The molecule has 1 fully saturated rings. The second-order valence-corrected chi connectivity index (χ2v) is 10.4. The molecule has 2 aliphatic heterocycles. The fourth-order valence-electron chi connectivity index (χ4n) is 5.89. The topological polar surface area (TPSA) is 98.2 Å². The molecule has 6 rings (SSSR count). The number of rotatable bonds is 4. The molecule has 0 unspecified atom stereocenters. The van der Waals surface area contributed by atoms with Crippen molar-refractivity contribution in [1.29, 1.82) is 0 Å². The lowest BCUT2D eigenvalue weighted by Gasteiger charge is -2.42. The van der Waals surface area contributed by atoms with Gasteiger partial charge in [-0.15, -0.1) is 0 Å². The number of nitrogens with zero attached hydrogens (tertiary/aromatic N) is 3. The maximum atomic E-state index is 14.3. The van der Waals surface area contributed by atoms with Crippen LogP contribution in [0.15, 0.2) is 109 Å². The molecule has 8 heteroatoms. The molecule has 2 aliphatic rings. The summed E-state index contributed by atoms with van der Waals surface area (Å²) in [6.45, 7) is 0.0271. The minimum absolute atomic E-state index is 0.0205. The van der Waals surface area contributed by atoms with Crippen molar-refractivity contribution in [2.75, 3.05) is 24.5 Å². The lowest BCUT2D eigenvalue weighted by Crippen LogP contribution is -2.61. The minimum atomic E-state index is -1.28. The van der Waals surface area contributed by atoms with Crippen molar-refractivity contribution in [2.24, 2.45) is 0 Å². The van der Waals surface area contributed by atoms with Gasteiger partial charge in [-0.1, -0.05) is 91.0 Å². The first-order valence-corrected chi connectivity index (χ1v) is 13.9. The standard InChI is InChI=1S/C34H29N3O5/c38-30-21-25-15-7-9-17-27(25)37(28-18-10-8-16-26(28)30)34(42)36-20-19-35(22-29(36)33(40)41)32(39)31(23-11-3-1-4-12-23)24-13-5-2-6-14-24/h1-18,29,31H,19-22H2,(H,40,41)/t29-/m0/s1. The number of ketones is 1. The summed E-state index contributed by atoms with van der Waals surface area (Å²) >= 11 is 0. The van der Waals surface area contributed by atoms with Crippen LogP contribution in [0.1, 0.15) is 33.0 Å². The van der Waals surface area contributed by atoms with Crippen LogP contribution in [0.4, 0.5) is 16.2 Å². The van der Waals surface area contributed by atoms with Gasteiger partial charge in [0.05, 0.1) is 23.8 Å². The first-order valence-electron chi connectivity index (χ1n) is 13.9. The van der Waals surface area contributed by atoms with Crippen molar-refractivity contribution in [3.05, 3.63) is 131 Å². The van der Waals surface area contributed by atoms with Crippen LogP contribution in [0.2, 0.25) is 0 Å². The summed E-state index contributed by atoms with van der Waals surface area (Å²) in [5.41, 5.74) is 3.64. The van der Waals surface area contributed by atoms with E-state index in [1.807, 2.05) is 66.7 Å². The van der Waals surface area contributed by atoms with E-state index >= 15 is 0 Å². The average molecular weight is 560 g/mol. The Morgan fingerprint density at radius 1 is 0.714 bits per heavy atom. The third kappa shape index (κ3) is 4.92. The monoisotopic (exact) mass is 559 g/mol. The zero-order chi connectivity index (χ0) is 29.2. The first-order chi connectivity index (χ1) is 20.4. The molecule has 3 amide bonds. The molecule has 2 heterocycles. The van der Waals surface area contributed by atoms with E-state index in [9.17, 15) is 24.3 Å². The molecule has 1 atom stereocenters. The van der Waals surface area contributed by atoms with Crippen molar-refractivity contribution >= 4 is 35.1 Å². The van der Waals surface area contributed by atoms with Crippen LogP contribution < -0.4 is 4.90 Å². The number of hydrogen-bond acceptors (Lipinski definition) is 4. The van der Waals surface area contributed by atoms with Gasteiger partial charge in [-0.2, -0.15) is 0 Å². The summed E-state index contributed by atoms with van der Waals surface area (Å²) in [6.07, 6.45) is 0.127. The van der Waals surface area contributed by atoms with E-state index in [4.69, 9.17) is 0 Å². The zero-order valence-electron chi connectivity index (χ0n) is 22.8. The highest BCUT2D eigenvalue weighted by Crippen LogP contribution is 2.37. The van der Waals surface area contributed by atoms with Crippen molar-refractivity contribution in [1.82, 2.24) is 9.80 Å². The quantitative estimate of drug-likeness (QED) is 0.375. The van der Waals surface area contributed by atoms with Crippen LogP contribution >= 0.6 is 0 Å². The van der Waals surface area contributed by atoms with Gasteiger partial charge in [0, 0.05) is 25.1 Å². The number of para-hydroxylation sites is 2. The van der Waals surface area contributed by atoms with Crippen molar-refractivity contribution in [3.8, 4) is 0 Å². The smallest absolute Gasteiger partial charge is 0.330 e. The molecule has 0 radical (unpaired) electrons. The summed E-state index contributed by atoms with van der Waals surface area (Å²) in [7, 11) is 0. The lowest BCUT2D eigenvalue weighted by molar-refractivity contribution is -0.146. The molecule has 1 N–H and O–H groups in total. The SMILES string of the molecule is O=C1Cc2ccccc2N(C(=O)N2CCN(C(=O)C(c3ccccc3)c3ccccc3)C[C@H]2C(=O)O)c2ccccc21. The number of fused-ring (bicyclic) bond motifs is 2. The molecule has 0 aliphatic carbocycles. The fourth-order valence-corrected chi connectivity index (χ4v) is 5.89. The average Bonchev–Trinajstić information content (AvgIpc) is 3.15. The number of aliphatic carboxylic acids is 1. The Labute approximate surface area is 243 Å². The molecule has 0 spiro atoms. The van der Waals surface area contributed by atoms with Gasteiger partial charge < -0.3 is 14.9 Å². The predicted molar refractivity (Wildman–Crippen MR) is 158 cm³/mol. The van der Waals surface area contributed by atoms with Crippen LogP contribution in [0.3, 0.4) is 0 Å². The molecule has 0 bridgehead atoms. The Morgan fingerprint density at radius 3 is 1.93 bits per heavy atom. The van der Waals surface area contributed by atoms with Gasteiger partial charge in [-0.3, -0.25) is 14.5 Å². The summed E-state index contributed by atoms with van der Waals surface area (Å²) in [5, 5.41) is 10.3. The Kier molecular flexibility index (Phi) is 7.27. The van der Waals surface area contributed by atoms with Gasteiger partial charge in [-0.25, -0.2) is 9.59 Å². The molecule has 4 aromatic rings. The van der Waals surface area contributed by atoms with Gasteiger partial charge in [0.1, 0.15) is 6.04 Å². The molecule has 0 saturated carbocycles. The van der Waals surface area contributed by atoms with E-state index in [1.54, 1.807) is 47.4 Å². The highest BCUT2D eigenvalue weighted by molar-refractivity contribution is 6.12. The van der Waals surface area contributed by atoms with E-state index in [2.05, 4.69) is 0 Å². The first kappa shape index (κ1) is 27.0. The van der Waals surface area contributed by atoms with Crippen molar-refractivity contribution < 1.29 is 24.3 Å². The highest BCUT2D eigenvalue weighted by Gasteiger charge is 2.42. The van der Waals surface area contributed by atoms with Crippen molar-refractivity contribution in [2.45, 2.75) is 18.4 Å². The summed E-state index contributed by atoms with van der Waals surface area (Å²) in [4.78, 5) is 58.4.